The number of nitrogens with zero attached hydrogens (tertiary/aromatic N) is 2. The molecular weight excluding hydrogens is 394 g/mol. The molecule has 4 rings (SSSR count). The predicted molar refractivity (Wildman–Crippen MR) is 116 cm³/mol. The van der Waals surface area contributed by atoms with E-state index in [1.807, 2.05) is 18.2 Å². The van der Waals surface area contributed by atoms with Gasteiger partial charge >= 0.3 is 0 Å². The highest BCUT2D eigenvalue weighted by molar-refractivity contribution is 6.09. The van der Waals surface area contributed by atoms with Crippen molar-refractivity contribution >= 4 is 17.6 Å². The number of carbonyl (C=O) groups is 3. The number of hydrogen-bond acceptors (Lipinski definition) is 5. The van der Waals surface area contributed by atoms with Crippen molar-refractivity contribution < 1.29 is 19.1 Å². The molecule has 0 radical (unpaired) electrons. The summed E-state index contributed by atoms with van der Waals surface area (Å²) in [5.41, 5.74) is 1.21. The Labute approximate surface area is 182 Å². The molecule has 0 bridgehead atoms. The Bertz CT molecular complexity index is 918. The summed E-state index contributed by atoms with van der Waals surface area (Å²) in [7, 11) is 0. The summed E-state index contributed by atoms with van der Waals surface area (Å²) in [6.45, 7) is 2.88. The van der Waals surface area contributed by atoms with Crippen LogP contribution in [0.15, 0.2) is 54.6 Å². The number of amides is 2. The van der Waals surface area contributed by atoms with Gasteiger partial charge in [0.1, 0.15) is 5.75 Å². The Hall–Kier alpha value is -3.19. The molecule has 0 unspecified atom stereocenters. The minimum atomic E-state index is -0.0773. The Balaban J connectivity index is 1.20. The lowest BCUT2D eigenvalue weighted by Crippen LogP contribution is -2.52. The fourth-order valence-electron chi connectivity index (χ4n) is 3.55. The van der Waals surface area contributed by atoms with Gasteiger partial charge in [-0.25, -0.2) is 0 Å². The van der Waals surface area contributed by atoms with Crippen molar-refractivity contribution in [2.24, 2.45) is 0 Å². The van der Waals surface area contributed by atoms with Gasteiger partial charge in [0.2, 0.25) is 5.91 Å². The molecule has 2 aromatic rings. The molecule has 0 aromatic heterocycles. The number of ether oxygens (including phenoxy) is 1. The molecule has 1 aliphatic carbocycles. The second-order valence-electron chi connectivity index (χ2n) is 8.01. The molecule has 0 atom stereocenters. The van der Waals surface area contributed by atoms with Crippen LogP contribution < -0.4 is 10.1 Å². The van der Waals surface area contributed by atoms with Crippen LogP contribution in [0.5, 0.6) is 5.75 Å². The summed E-state index contributed by atoms with van der Waals surface area (Å²) >= 11 is 0. The predicted octanol–water partition coefficient (Wildman–Crippen LogP) is 1.72. The zero-order valence-electron chi connectivity index (χ0n) is 17.5. The smallest absolute Gasteiger partial charge is 0.260 e. The molecule has 1 N–H and O–H groups in total. The lowest BCUT2D eigenvalue weighted by Gasteiger charge is -2.34. The van der Waals surface area contributed by atoms with E-state index in [9.17, 15) is 14.4 Å². The Morgan fingerprint density at radius 3 is 2.16 bits per heavy atom. The first-order valence-electron chi connectivity index (χ1n) is 10.7. The van der Waals surface area contributed by atoms with Crippen LogP contribution in [0.3, 0.4) is 0 Å². The van der Waals surface area contributed by atoms with Crippen LogP contribution in [-0.2, 0) is 9.59 Å². The lowest BCUT2D eigenvalue weighted by atomic mass is 10.0. The number of ketones is 1. The third-order valence-electron chi connectivity index (χ3n) is 5.55. The second-order valence-corrected chi connectivity index (χ2v) is 8.01. The number of nitrogens with one attached hydrogen (secondary N) is 1. The Morgan fingerprint density at radius 1 is 0.871 bits per heavy atom. The van der Waals surface area contributed by atoms with Crippen LogP contribution in [0.2, 0.25) is 0 Å². The minimum Gasteiger partial charge on any atom is -0.484 e. The number of rotatable bonds is 8. The third-order valence-corrected chi connectivity index (χ3v) is 5.55. The van der Waals surface area contributed by atoms with E-state index >= 15 is 0 Å². The van der Waals surface area contributed by atoms with Crippen LogP contribution in [0.25, 0.3) is 0 Å². The van der Waals surface area contributed by atoms with Crippen LogP contribution in [0, 0.1) is 0 Å². The van der Waals surface area contributed by atoms with Gasteiger partial charge in [-0.05, 0) is 37.1 Å². The highest BCUT2D eigenvalue weighted by atomic mass is 16.5. The van der Waals surface area contributed by atoms with E-state index in [2.05, 4.69) is 10.2 Å². The topological polar surface area (TPSA) is 79.0 Å². The summed E-state index contributed by atoms with van der Waals surface area (Å²) in [5, 5.41) is 2.99. The Kier molecular flexibility index (Phi) is 6.62. The molecular formula is C24H27N3O4. The first-order chi connectivity index (χ1) is 15.1. The average Bonchev–Trinajstić information content (AvgIpc) is 3.62. The molecule has 7 heteroatoms. The number of piperazine rings is 1. The molecule has 1 aliphatic heterocycles. The van der Waals surface area contributed by atoms with Gasteiger partial charge in [-0.2, -0.15) is 0 Å². The van der Waals surface area contributed by atoms with E-state index in [0.717, 1.165) is 12.8 Å². The zero-order valence-corrected chi connectivity index (χ0v) is 17.5. The summed E-state index contributed by atoms with van der Waals surface area (Å²) in [4.78, 5) is 40.7. The molecule has 7 nitrogen and oxygen atoms in total. The fourth-order valence-corrected chi connectivity index (χ4v) is 3.55. The van der Waals surface area contributed by atoms with Gasteiger partial charge in [0.05, 0.1) is 6.54 Å². The van der Waals surface area contributed by atoms with Gasteiger partial charge in [0, 0.05) is 43.3 Å². The minimum absolute atomic E-state index is 0.0475. The van der Waals surface area contributed by atoms with Crippen molar-refractivity contribution in [1.29, 1.82) is 0 Å². The van der Waals surface area contributed by atoms with E-state index in [1.54, 1.807) is 41.3 Å². The molecule has 2 aliphatic rings. The van der Waals surface area contributed by atoms with Crippen LogP contribution in [0.1, 0.15) is 28.8 Å². The summed E-state index contributed by atoms with van der Waals surface area (Å²) < 4.78 is 5.62. The van der Waals surface area contributed by atoms with Gasteiger partial charge in [-0.3, -0.25) is 19.3 Å². The molecule has 1 saturated carbocycles. The van der Waals surface area contributed by atoms with Crippen molar-refractivity contribution in [2.75, 3.05) is 39.3 Å². The molecule has 31 heavy (non-hydrogen) atoms. The average molecular weight is 421 g/mol. The van der Waals surface area contributed by atoms with Gasteiger partial charge in [0.25, 0.3) is 5.91 Å². The summed E-state index contributed by atoms with van der Waals surface area (Å²) in [5.74, 6) is 0.492. The molecule has 2 fully saturated rings. The fraction of sp³-hybridized carbons (Fsp3) is 0.375. The monoisotopic (exact) mass is 421 g/mol. The standard InChI is InChI=1S/C24H27N3O4/c28-22(25-20-8-9-20)16-26-12-14-27(15-13-26)23(29)17-31-21-10-6-19(7-11-21)24(30)18-4-2-1-3-5-18/h1-7,10-11,20H,8-9,12-17H2,(H,25,28). The second kappa shape index (κ2) is 9.75. The zero-order chi connectivity index (χ0) is 21.6. The molecule has 2 amide bonds. The molecule has 1 heterocycles. The quantitative estimate of drug-likeness (QED) is 0.657. The largest absolute Gasteiger partial charge is 0.484 e. The number of carbonyl (C=O) groups excluding carboxylic acids is 3. The van der Waals surface area contributed by atoms with E-state index in [-0.39, 0.29) is 24.2 Å². The van der Waals surface area contributed by atoms with Crippen molar-refractivity contribution in [3.8, 4) is 5.75 Å². The first kappa shape index (κ1) is 21.1. The highest BCUT2D eigenvalue weighted by Gasteiger charge is 2.26. The maximum Gasteiger partial charge on any atom is 0.260 e. The lowest BCUT2D eigenvalue weighted by molar-refractivity contribution is -0.135. The number of hydrogen-bond donors (Lipinski definition) is 1. The Morgan fingerprint density at radius 2 is 1.52 bits per heavy atom. The summed E-state index contributed by atoms with van der Waals surface area (Å²) in [6, 6.07) is 16.3. The van der Waals surface area contributed by atoms with Crippen molar-refractivity contribution in [3.05, 3.63) is 65.7 Å². The first-order valence-corrected chi connectivity index (χ1v) is 10.7. The van der Waals surface area contributed by atoms with Gasteiger partial charge in [-0.1, -0.05) is 30.3 Å². The van der Waals surface area contributed by atoms with Gasteiger partial charge in [0.15, 0.2) is 12.4 Å². The molecule has 2 aromatic carbocycles. The molecule has 1 saturated heterocycles. The SMILES string of the molecule is O=C(CN1CCN(C(=O)COc2ccc(C(=O)c3ccccc3)cc2)CC1)NC1CC1. The maximum atomic E-state index is 12.5. The summed E-state index contributed by atoms with van der Waals surface area (Å²) in [6.07, 6.45) is 2.17. The maximum absolute atomic E-state index is 12.5. The van der Waals surface area contributed by atoms with E-state index in [4.69, 9.17) is 4.74 Å². The van der Waals surface area contributed by atoms with Crippen molar-refractivity contribution in [2.45, 2.75) is 18.9 Å². The highest BCUT2D eigenvalue weighted by Crippen LogP contribution is 2.18. The van der Waals surface area contributed by atoms with E-state index in [0.29, 0.717) is 55.6 Å². The van der Waals surface area contributed by atoms with Gasteiger partial charge in [-0.15, -0.1) is 0 Å². The van der Waals surface area contributed by atoms with Crippen LogP contribution in [0.4, 0.5) is 0 Å². The van der Waals surface area contributed by atoms with Crippen LogP contribution >= 0.6 is 0 Å². The van der Waals surface area contributed by atoms with Crippen LogP contribution in [-0.4, -0.2) is 72.8 Å². The van der Waals surface area contributed by atoms with Crippen molar-refractivity contribution in [1.82, 2.24) is 15.1 Å². The van der Waals surface area contributed by atoms with E-state index < -0.39 is 0 Å². The van der Waals surface area contributed by atoms with Gasteiger partial charge < -0.3 is 15.0 Å². The normalized spacial score (nSPS) is 16.6. The third kappa shape index (κ3) is 5.92. The van der Waals surface area contributed by atoms with E-state index in [1.165, 1.54) is 0 Å². The molecule has 0 spiro atoms. The molecule has 162 valence electrons. The van der Waals surface area contributed by atoms with Crippen molar-refractivity contribution in [3.63, 3.8) is 0 Å². The number of benzene rings is 2.